The Hall–Kier alpha value is -1.95. The lowest BCUT2D eigenvalue weighted by Crippen LogP contribution is -2.53. The highest BCUT2D eigenvalue weighted by atomic mass is 16.5. The molecule has 1 fully saturated rings. The summed E-state index contributed by atoms with van der Waals surface area (Å²) in [6, 6.07) is 8.16. The summed E-state index contributed by atoms with van der Waals surface area (Å²) in [5.41, 5.74) is 0.433. The number of aliphatic hydroxyl groups is 1. The molecule has 1 saturated heterocycles. The average molecular weight is 363 g/mol. The minimum atomic E-state index is -0.708. The van der Waals surface area contributed by atoms with Crippen molar-refractivity contribution in [2.24, 2.45) is 4.99 Å². The third-order valence-electron chi connectivity index (χ3n) is 5.18. The smallest absolute Gasteiger partial charge is 0.194 e. The molecule has 26 heavy (non-hydrogen) atoms. The van der Waals surface area contributed by atoms with Gasteiger partial charge in [-0.25, -0.2) is 0 Å². The first-order chi connectivity index (χ1) is 12.6. The van der Waals surface area contributed by atoms with Crippen molar-refractivity contribution >= 4 is 11.6 Å². The normalized spacial score (nSPS) is 16.0. The van der Waals surface area contributed by atoms with Crippen molar-refractivity contribution in [1.29, 1.82) is 0 Å². The SMILES string of the molecule is CCNC(=NCC(O)(CC)CC)N1CCN(c2ccccc2OC)CC1. The third kappa shape index (κ3) is 5.04. The molecule has 0 spiro atoms. The van der Waals surface area contributed by atoms with E-state index in [0.29, 0.717) is 19.4 Å². The number of para-hydroxylation sites is 2. The number of nitrogens with one attached hydrogen (secondary N) is 1. The second kappa shape index (κ2) is 9.67. The Labute approximate surface area is 157 Å². The van der Waals surface area contributed by atoms with E-state index in [-0.39, 0.29) is 0 Å². The third-order valence-corrected chi connectivity index (χ3v) is 5.18. The van der Waals surface area contributed by atoms with Gasteiger partial charge in [0, 0.05) is 32.7 Å². The lowest BCUT2D eigenvalue weighted by Gasteiger charge is -2.38. The van der Waals surface area contributed by atoms with Crippen LogP contribution >= 0.6 is 0 Å². The molecule has 0 saturated carbocycles. The summed E-state index contributed by atoms with van der Waals surface area (Å²) in [6.45, 7) is 11.0. The Kier molecular flexibility index (Phi) is 7.57. The van der Waals surface area contributed by atoms with Crippen LogP contribution in [0.25, 0.3) is 0 Å². The molecule has 146 valence electrons. The summed E-state index contributed by atoms with van der Waals surface area (Å²) in [5.74, 6) is 1.81. The van der Waals surface area contributed by atoms with Crippen LogP contribution in [0, 0.1) is 0 Å². The summed E-state index contributed by atoms with van der Waals surface area (Å²) in [5, 5.41) is 13.9. The van der Waals surface area contributed by atoms with E-state index in [0.717, 1.165) is 50.1 Å². The van der Waals surface area contributed by atoms with E-state index in [1.54, 1.807) is 7.11 Å². The van der Waals surface area contributed by atoms with Gasteiger partial charge < -0.3 is 25.0 Å². The van der Waals surface area contributed by atoms with E-state index in [1.807, 2.05) is 32.0 Å². The maximum atomic E-state index is 10.5. The molecule has 2 rings (SSSR count). The van der Waals surface area contributed by atoms with E-state index in [1.165, 1.54) is 0 Å². The minimum absolute atomic E-state index is 0.440. The molecule has 1 aliphatic rings. The number of aliphatic imine (C=N–C) groups is 1. The number of ether oxygens (including phenoxy) is 1. The first kappa shape index (κ1) is 20.4. The monoisotopic (exact) mass is 362 g/mol. The highest BCUT2D eigenvalue weighted by Crippen LogP contribution is 2.28. The second-order valence-corrected chi connectivity index (χ2v) is 6.75. The topological polar surface area (TPSA) is 60.3 Å². The Morgan fingerprint density at radius 1 is 1.15 bits per heavy atom. The fraction of sp³-hybridized carbons (Fsp3) is 0.650. The number of rotatable bonds is 7. The number of nitrogens with zero attached hydrogens (tertiary/aromatic N) is 3. The quantitative estimate of drug-likeness (QED) is 0.576. The Morgan fingerprint density at radius 3 is 2.38 bits per heavy atom. The molecule has 0 aromatic heterocycles. The van der Waals surface area contributed by atoms with Gasteiger partial charge in [-0.3, -0.25) is 4.99 Å². The zero-order valence-electron chi connectivity index (χ0n) is 16.7. The van der Waals surface area contributed by atoms with Gasteiger partial charge in [0.15, 0.2) is 5.96 Å². The van der Waals surface area contributed by atoms with Gasteiger partial charge in [-0.1, -0.05) is 26.0 Å². The van der Waals surface area contributed by atoms with Crippen molar-refractivity contribution in [2.75, 3.05) is 51.3 Å². The van der Waals surface area contributed by atoms with Crippen LogP contribution in [0.4, 0.5) is 5.69 Å². The molecule has 6 nitrogen and oxygen atoms in total. The number of hydrogen-bond acceptors (Lipinski definition) is 4. The molecule has 0 unspecified atom stereocenters. The number of guanidine groups is 1. The maximum Gasteiger partial charge on any atom is 0.194 e. The van der Waals surface area contributed by atoms with Gasteiger partial charge in [-0.05, 0) is 31.9 Å². The van der Waals surface area contributed by atoms with Crippen LogP contribution in [0.1, 0.15) is 33.6 Å². The van der Waals surface area contributed by atoms with Gasteiger partial charge in [0.25, 0.3) is 0 Å². The van der Waals surface area contributed by atoms with Crippen LogP contribution < -0.4 is 15.0 Å². The van der Waals surface area contributed by atoms with Gasteiger partial charge in [-0.15, -0.1) is 0 Å². The zero-order valence-corrected chi connectivity index (χ0v) is 16.7. The number of hydrogen-bond donors (Lipinski definition) is 2. The molecule has 2 N–H and O–H groups in total. The first-order valence-corrected chi connectivity index (χ1v) is 9.70. The average Bonchev–Trinajstić information content (AvgIpc) is 2.71. The molecule has 1 aromatic carbocycles. The Bertz CT molecular complexity index is 579. The predicted molar refractivity (Wildman–Crippen MR) is 108 cm³/mol. The van der Waals surface area contributed by atoms with E-state index < -0.39 is 5.60 Å². The fourth-order valence-electron chi connectivity index (χ4n) is 3.17. The number of methoxy groups -OCH3 is 1. The maximum absolute atomic E-state index is 10.5. The zero-order chi connectivity index (χ0) is 19.0. The molecule has 1 aliphatic heterocycles. The summed E-state index contributed by atoms with van der Waals surface area (Å²) >= 11 is 0. The summed E-state index contributed by atoms with van der Waals surface area (Å²) < 4.78 is 5.49. The first-order valence-electron chi connectivity index (χ1n) is 9.70. The van der Waals surface area contributed by atoms with Gasteiger partial charge in [-0.2, -0.15) is 0 Å². The lowest BCUT2D eigenvalue weighted by molar-refractivity contribution is 0.0415. The fourth-order valence-corrected chi connectivity index (χ4v) is 3.17. The molecule has 0 radical (unpaired) electrons. The Morgan fingerprint density at radius 2 is 1.81 bits per heavy atom. The number of benzene rings is 1. The standard InChI is InChI=1S/C20H34N4O2/c1-5-20(25,6-2)16-22-19(21-7-3)24-14-12-23(13-15-24)17-10-8-9-11-18(17)26-4/h8-11,25H,5-7,12-16H2,1-4H3,(H,21,22). The molecule has 0 atom stereocenters. The van der Waals surface area contributed by atoms with Gasteiger partial charge in [0.1, 0.15) is 5.75 Å². The predicted octanol–water partition coefficient (Wildman–Crippen LogP) is 2.33. The van der Waals surface area contributed by atoms with Crippen LogP contribution in [0.15, 0.2) is 29.3 Å². The van der Waals surface area contributed by atoms with Crippen molar-refractivity contribution in [3.05, 3.63) is 24.3 Å². The van der Waals surface area contributed by atoms with Crippen LogP contribution in [0.2, 0.25) is 0 Å². The highest BCUT2D eigenvalue weighted by Gasteiger charge is 2.24. The van der Waals surface area contributed by atoms with E-state index in [2.05, 4.69) is 28.1 Å². The van der Waals surface area contributed by atoms with Crippen molar-refractivity contribution in [1.82, 2.24) is 10.2 Å². The molecule has 6 heteroatoms. The minimum Gasteiger partial charge on any atom is -0.495 e. The van der Waals surface area contributed by atoms with Crippen molar-refractivity contribution < 1.29 is 9.84 Å². The van der Waals surface area contributed by atoms with E-state index >= 15 is 0 Å². The van der Waals surface area contributed by atoms with Crippen molar-refractivity contribution in [2.45, 2.75) is 39.2 Å². The van der Waals surface area contributed by atoms with Crippen LogP contribution in [-0.4, -0.2) is 67.9 Å². The van der Waals surface area contributed by atoms with Crippen molar-refractivity contribution in [3.63, 3.8) is 0 Å². The summed E-state index contributed by atoms with van der Waals surface area (Å²) in [6.07, 6.45) is 1.43. The van der Waals surface area contributed by atoms with E-state index in [4.69, 9.17) is 9.73 Å². The molecular weight excluding hydrogens is 328 g/mol. The van der Waals surface area contributed by atoms with Crippen LogP contribution in [-0.2, 0) is 0 Å². The molecule has 1 aromatic rings. The molecular formula is C20H34N4O2. The van der Waals surface area contributed by atoms with E-state index in [9.17, 15) is 5.11 Å². The number of anilines is 1. The van der Waals surface area contributed by atoms with Crippen molar-refractivity contribution in [3.8, 4) is 5.75 Å². The second-order valence-electron chi connectivity index (χ2n) is 6.75. The molecule has 1 heterocycles. The van der Waals surface area contributed by atoms with Crippen LogP contribution in [0.5, 0.6) is 5.75 Å². The summed E-state index contributed by atoms with van der Waals surface area (Å²) in [4.78, 5) is 9.35. The lowest BCUT2D eigenvalue weighted by atomic mass is 9.98. The Balaban J connectivity index is 2.03. The molecule has 0 aliphatic carbocycles. The van der Waals surface area contributed by atoms with Gasteiger partial charge >= 0.3 is 0 Å². The van der Waals surface area contributed by atoms with Crippen LogP contribution in [0.3, 0.4) is 0 Å². The number of piperazine rings is 1. The molecule has 0 bridgehead atoms. The van der Waals surface area contributed by atoms with Gasteiger partial charge in [0.05, 0.1) is 24.9 Å². The summed E-state index contributed by atoms with van der Waals surface area (Å²) in [7, 11) is 1.72. The molecule has 0 amide bonds. The largest absolute Gasteiger partial charge is 0.495 e. The highest BCUT2D eigenvalue weighted by molar-refractivity contribution is 5.80. The van der Waals surface area contributed by atoms with Gasteiger partial charge in [0.2, 0.25) is 0 Å².